The highest BCUT2D eigenvalue weighted by Gasteiger charge is 2.10. The van der Waals surface area contributed by atoms with Gasteiger partial charge in [-0.1, -0.05) is 23.2 Å². The Morgan fingerprint density at radius 2 is 2.00 bits per heavy atom. The Labute approximate surface area is 106 Å². The van der Waals surface area contributed by atoms with Crippen molar-refractivity contribution in [1.82, 2.24) is 19.9 Å². The van der Waals surface area contributed by atoms with E-state index in [2.05, 4.69) is 25.3 Å². The summed E-state index contributed by atoms with van der Waals surface area (Å²) < 4.78 is 0. The van der Waals surface area contributed by atoms with Gasteiger partial charge in [-0.05, 0) is 6.07 Å². The van der Waals surface area contributed by atoms with Crippen molar-refractivity contribution in [3.8, 4) is 0 Å². The van der Waals surface area contributed by atoms with Crippen LogP contribution in [0.3, 0.4) is 0 Å². The summed E-state index contributed by atoms with van der Waals surface area (Å²) in [7, 11) is 0. The molecule has 0 saturated carbocycles. The van der Waals surface area contributed by atoms with E-state index in [1.807, 2.05) is 0 Å². The maximum atomic E-state index is 11.7. The number of hydrogen-bond donors (Lipinski definition) is 1. The first-order valence-corrected chi connectivity index (χ1v) is 5.18. The summed E-state index contributed by atoms with van der Waals surface area (Å²) in [6, 6.07) is 1.50. The fourth-order valence-electron chi connectivity index (χ4n) is 1.01. The molecule has 17 heavy (non-hydrogen) atoms. The molecule has 1 amide bonds. The van der Waals surface area contributed by atoms with E-state index < -0.39 is 5.91 Å². The van der Waals surface area contributed by atoms with Gasteiger partial charge in [-0.2, -0.15) is 0 Å². The molecule has 1 N–H and O–H groups in total. The molecule has 2 aromatic heterocycles. The zero-order chi connectivity index (χ0) is 12.3. The Morgan fingerprint density at radius 1 is 1.18 bits per heavy atom. The van der Waals surface area contributed by atoms with Crippen LogP contribution in [0.2, 0.25) is 10.3 Å². The average molecular weight is 270 g/mol. The van der Waals surface area contributed by atoms with Crippen molar-refractivity contribution in [3.63, 3.8) is 0 Å². The molecule has 0 fully saturated rings. The van der Waals surface area contributed by atoms with Gasteiger partial charge in [-0.3, -0.25) is 15.1 Å². The molecule has 2 rings (SSSR count). The molecular weight excluding hydrogens is 265 g/mol. The summed E-state index contributed by atoms with van der Waals surface area (Å²) in [5, 5.41) is 2.78. The van der Waals surface area contributed by atoms with E-state index in [1.165, 1.54) is 24.7 Å². The smallest absolute Gasteiger partial charge is 0.278 e. The molecule has 0 aliphatic heterocycles. The number of carbonyl (C=O) groups excluding carboxylic acids is 1. The molecule has 86 valence electrons. The number of aromatic nitrogens is 4. The maximum absolute atomic E-state index is 11.7. The lowest BCUT2D eigenvalue weighted by Gasteiger charge is -2.02. The fraction of sp³-hybridized carbons (Fsp3) is 0. The van der Waals surface area contributed by atoms with Gasteiger partial charge in [0.15, 0.2) is 0 Å². The van der Waals surface area contributed by atoms with Crippen molar-refractivity contribution in [2.75, 3.05) is 5.32 Å². The number of nitrogens with one attached hydrogen (secondary N) is 1. The molecule has 0 spiro atoms. The van der Waals surface area contributed by atoms with Crippen LogP contribution in [0, 0.1) is 0 Å². The van der Waals surface area contributed by atoms with E-state index in [-0.39, 0.29) is 21.9 Å². The van der Waals surface area contributed by atoms with Crippen molar-refractivity contribution in [3.05, 3.63) is 40.7 Å². The quantitative estimate of drug-likeness (QED) is 0.842. The van der Waals surface area contributed by atoms with E-state index in [9.17, 15) is 4.79 Å². The number of carbonyl (C=O) groups is 1. The lowest BCUT2D eigenvalue weighted by Crippen LogP contribution is -2.16. The third kappa shape index (κ3) is 3.08. The van der Waals surface area contributed by atoms with E-state index in [1.54, 1.807) is 0 Å². The number of nitrogens with zero attached hydrogens (tertiary/aromatic N) is 4. The van der Waals surface area contributed by atoms with Gasteiger partial charge in [0.25, 0.3) is 5.91 Å². The highest BCUT2D eigenvalue weighted by molar-refractivity contribution is 6.29. The second-order valence-corrected chi connectivity index (χ2v) is 3.66. The Bertz CT molecular complexity index is 563. The van der Waals surface area contributed by atoms with Crippen molar-refractivity contribution >= 4 is 35.1 Å². The number of halogens is 2. The normalized spacial score (nSPS) is 10.0. The van der Waals surface area contributed by atoms with Gasteiger partial charge in [0.2, 0.25) is 5.95 Å². The zero-order valence-electron chi connectivity index (χ0n) is 8.26. The van der Waals surface area contributed by atoms with Crippen LogP contribution in [0.4, 0.5) is 5.95 Å². The Morgan fingerprint density at radius 3 is 2.71 bits per heavy atom. The van der Waals surface area contributed by atoms with Crippen LogP contribution in [0.15, 0.2) is 24.7 Å². The first-order chi connectivity index (χ1) is 8.15. The van der Waals surface area contributed by atoms with Gasteiger partial charge >= 0.3 is 0 Å². The Kier molecular flexibility index (Phi) is 3.46. The predicted octanol–water partition coefficient (Wildman–Crippen LogP) is 1.83. The van der Waals surface area contributed by atoms with Crippen molar-refractivity contribution in [2.45, 2.75) is 0 Å². The molecule has 8 heteroatoms. The lowest BCUT2D eigenvalue weighted by molar-refractivity contribution is 0.102. The topological polar surface area (TPSA) is 80.7 Å². The Balaban J connectivity index is 2.17. The molecule has 6 nitrogen and oxygen atoms in total. The molecule has 2 aromatic rings. The van der Waals surface area contributed by atoms with Crippen LogP contribution >= 0.6 is 23.2 Å². The van der Waals surface area contributed by atoms with Gasteiger partial charge in [0.1, 0.15) is 16.0 Å². The van der Waals surface area contributed by atoms with Gasteiger partial charge in [-0.15, -0.1) is 0 Å². The fourth-order valence-corrected chi connectivity index (χ4v) is 1.30. The van der Waals surface area contributed by atoms with Crippen molar-refractivity contribution in [2.24, 2.45) is 0 Å². The summed E-state index contributed by atoms with van der Waals surface area (Å²) in [5.41, 5.74) is 0.0704. The number of anilines is 1. The van der Waals surface area contributed by atoms with Crippen LogP contribution in [0.25, 0.3) is 0 Å². The van der Waals surface area contributed by atoms with Gasteiger partial charge in [0, 0.05) is 6.20 Å². The standard InChI is InChI=1S/C9H5Cl2N5O/c10-6-1-2-13-9(15-6)16-8(17)5-3-12-4-7(11)14-5/h1-4H,(H,13,15,16,17). The molecule has 0 aliphatic carbocycles. The first kappa shape index (κ1) is 11.7. The molecule has 0 saturated heterocycles. The van der Waals surface area contributed by atoms with Gasteiger partial charge in [0.05, 0.1) is 12.4 Å². The molecule has 2 heterocycles. The van der Waals surface area contributed by atoms with Gasteiger partial charge in [-0.25, -0.2) is 15.0 Å². The molecule has 0 aliphatic rings. The van der Waals surface area contributed by atoms with Crippen molar-refractivity contribution < 1.29 is 4.79 Å². The van der Waals surface area contributed by atoms with Gasteiger partial charge < -0.3 is 0 Å². The zero-order valence-corrected chi connectivity index (χ0v) is 9.77. The summed E-state index contributed by atoms with van der Waals surface area (Å²) in [6.45, 7) is 0. The minimum absolute atomic E-state index is 0.0704. The lowest BCUT2D eigenvalue weighted by atomic mass is 10.4. The van der Waals surface area contributed by atoms with Crippen LogP contribution < -0.4 is 5.32 Å². The summed E-state index contributed by atoms with van der Waals surface area (Å²) >= 11 is 11.3. The summed E-state index contributed by atoms with van der Waals surface area (Å²) in [6.07, 6.45) is 4.04. The third-order valence-electron chi connectivity index (χ3n) is 1.68. The second kappa shape index (κ2) is 5.03. The van der Waals surface area contributed by atoms with E-state index in [0.29, 0.717) is 0 Å². The SMILES string of the molecule is O=C(Nc1nccc(Cl)n1)c1cncc(Cl)n1. The molecular formula is C9H5Cl2N5O. The molecule has 0 atom stereocenters. The van der Waals surface area contributed by atoms with Crippen LogP contribution in [0.5, 0.6) is 0 Å². The molecule has 0 radical (unpaired) electrons. The predicted molar refractivity (Wildman–Crippen MR) is 62.0 cm³/mol. The summed E-state index contributed by atoms with van der Waals surface area (Å²) in [4.78, 5) is 26.8. The first-order valence-electron chi connectivity index (χ1n) is 4.42. The third-order valence-corrected chi connectivity index (χ3v) is 2.08. The van der Waals surface area contributed by atoms with E-state index in [0.717, 1.165) is 0 Å². The van der Waals surface area contributed by atoms with E-state index in [4.69, 9.17) is 23.2 Å². The number of hydrogen-bond acceptors (Lipinski definition) is 5. The minimum Gasteiger partial charge on any atom is -0.289 e. The monoisotopic (exact) mass is 269 g/mol. The highest BCUT2D eigenvalue weighted by Crippen LogP contribution is 2.08. The van der Waals surface area contributed by atoms with Crippen LogP contribution in [-0.2, 0) is 0 Å². The Hall–Kier alpha value is -1.79. The minimum atomic E-state index is -0.512. The number of rotatable bonds is 2. The molecule has 0 bridgehead atoms. The molecule has 0 unspecified atom stereocenters. The second-order valence-electron chi connectivity index (χ2n) is 2.88. The summed E-state index contributed by atoms with van der Waals surface area (Å²) in [5.74, 6) is -0.424. The highest BCUT2D eigenvalue weighted by atomic mass is 35.5. The van der Waals surface area contributed by atoms with Crippen molar-refractivity contribution in [1.29, 1.82) is 0 Å². The van der Waals surface area contributed by atoms with Crippen LogP contribution in [-0.4, -0.2) is 25.8 Å². The molecule has 0 aromatic carbocycles. The number of amides is 1. The average Bonchev–Trinajstić information content (AvgIpc) is 2.29. The van der Waals surface area contributed by atoms with E-state index >= 15 is 0 Å². The maximum Gasteiger partial charge on any atom is 0.278 e. The largest absolute Gasteiger partial charge is 0.289 e. The van der Waals surface area contributed by atoms with Crippen LogP contribution in [0.1, 0.15) is 10.5 Å².